The van der Waals surface area contributed by atoms with Gasteiger partial charge in [0, 0.05) is 11.6 Å². The first kappa shape index (κ1) is 14.5. The summed E-state index contributed by atoms with van der Waals surface area (Å²) in [6, 6.07) is 6.77. The summed E-state index contributed by atoms with van der Waals surface area (Å²) in [7, 11) is 0. The van der Waals surface area contributed by atoms with Gasteiger partial charge in [-0.05, 0) is 50.3 Å². The van der Waals surface area contributed by atoms with Gasteiger partial charge in [-0.1, -0.05) is 12.5 Å². The number of quaternary nitrogens is 1. The highest BCUT2D eigenvalue weighted by atomic mass is 19.1. The van der Waals surface area contributed by atoms with Crippen molar-refractivity contribution in [3.63, 3.8) is 0 Å². The van der Waals surface area contributed by atoms with Gasteiger partial charge in [-0.25, -0.2) is 4.39 Å². The number of hydrogen-bond donors (Lipinski definition) is 2. The highest BCUT2D eigenvalue weighted by molar-refractivity contribution is 5.91. The maximum absolute atomic E-state index is 13.1. The molecule has 4 heteroatoms. The molecular formula is C17H24FN2O+. The van der Waals surface area contributed by atoms with Crippen LogP contribution in [-0.2, 0) is 4.79 Å². The Hall–Kier alpha value is -1.42. The number of amides is 1. The molecule has 2 N–H and O–H groups in total. The molecule has 1 aliphatic heterocycles. The van der Waals surface area contributed by atoms with E-state index in [1.165, 1.54) is 55.6 Å². The molecule has 1 heterocycles. The number of piperidine rings is 1. The Labute approximate surface area is 125 Å². The fourth-order valence-corrected chi connectivity index (χ4v) is 4.06. The first-order valence-corrected chi connectivity index (χ1v) is 8.12. The molecule has 1 unspecified atom stereocenters. The molecular weight excluding hydrogens is 267 g/mol. The predicted octanol–water partition coefficient (Wildman–Crippen LogP) is 2.00. The third-order valence-electron chi connectivity index (χ3n) is 5.00. The summed E-state index contributed by atoms with van der Waals surface area (Å²) in [6.07, 6.45) is 7.80. The third-order valence-corrected chi connectivity index (χ3v) is 5.00. The number of rotatable bonds is 3. The average molecular weight is 291 g/mol. The lowest BCUT2D eigenvalue weighted by molar-refractivity contribution is -0.928. The minimum Gasteiger partial charge on any atom is -0.324 e. The van der Waals surface area contributed by atoms with Gasteiger partial charge in [0.25, 0.3) is 5.91 Å². The van der Waals surface area contributed by atoms with Gasteiger partial charge in [0.1, 0.15) is 5.82 Å². The van der Waals surface area contributed by atoms with Crippen LogP contribution in [0.5, 0.6) is 0 Å². The van der Waals surface area contributed by atoms with Crippen molar-refractivity contribution in [3.8, 4) is 0 Å². The van der Waals surface area contributed by atoms with Crippen molar-refractivity contribution in [2.24, 2.45) is 5.92 Å². The summed E-state index contributed by atoms with van der Waals surface area (Å²) in [5.41, 5.74) is 0.552. The molecule has 0 spiro atoms. The third kappa shape index (κ3) is 3.62. The topological polar surface area (TPSA) is 33.5 Å². The molecule has 0 bridgehead atoms. The van der Waals surface area contributed by atoms with Crippen LogP contribution in [0.2, 0.25) is 0 Å². The molecule has 3 atom stereocenters. The average Bonchev–Trinajstić information content (AvgIpc) is 2.47. The second-order valence-electron chi connectivity index (χ2n) is 6.44. The Bertz CT molecular complexity index is 503. The Morgan fingerprint density at radius 2 is 2.05 bits per heavy atom. The van der Waals surface area contributed by atoms with Crippen molar-refractivity contribution in [1.82, 2.24) is 0 Å². The van der Waals surface area contributed by atoms with Crippen LogP contribution in [0.3, 0.4) is 0 Å². The molecule has 3 nitrogen and oxygen atoms in total. The SMILES string of the molecule is O=C(C[NH+]1CCC[C@@H]2CCCC[C@@H]21)Nc1cccc(F)c1. The van der Waals surface area contributed by atoms with Crippen molar-refractivity contribution < 1.29 is 14.1 Å². The fraction of sp³-hybridized carbons (Fsp3) is 0.588. The van der Waals surface area contributed by atoms with Gasteiger partial charge < -0.3 is 10.2 Å². The normalized spacial score (nSPS) is 28.7. The molecule has 0 radical (unpaired) electrons. The highest BCUT2D eigenvalue weighted by Gasteiger charge is 2.37. The van der Waals surface area contributed by atoms with E-state index in [1.54, 1.807) is 12.1 Å². The maximum atomic E-state index is 13.1. The van der Waals surface area contributed by atoms with Gasteiger partial charge in [-0.15, -0.1) is 0 Å². The highest BCUT2D eigenvalue weighted by Crippen LogP contribution is 2.28. The van der Waals surface area contributed by atoms with Gasteiger partial charge in [0.15, 0.2) is 6.54 Å². The van der Waals surface area contributed by atoms with Crippen molar-refractivity contribution in [3.05, 3.63) is 30.1 Å². The van der Waals surface area contributed by atoms with E-state index < -0.39 is 0 Å². The predicted molar refractivity (Wildman–Crippen MR) is 80.7 cm³/mol. The number of nitrogens with one attached hydrogen (secondary N) is 2. The summed E-state index contributed by atoms with van der Waals surface area (Å²) in [4.78, 5) is 13.6. The number of carbonyl (C=O) groups is 1. The molecule has 1 amide bonds. The molecule has 2 fully saturated rings. The number of anilines is 1. The minimum absolute atomic E-state index is 0.00169. The van der Waals surface area contributed by atoms with Crippen LogP contribution in [0, 0.1) is 11.7 Å². The molecule has 21 heavy (non-hydrogen) atoms. The van der Waals surface area contributed by atoms with E-state index in [9.17, 15) is 9.18 Å². The second-order valence-corrected chi connectivity index (χ2v) is 6.44. The first-order chi connectivity index (χ1) is 10.2. The Morgan fingerprint density at radius 1 is 1.24 bits per heavy atom. The van der Waals surface area contributed by atoms with Crippen molar-refractivity contribution in [1.29, 1.82) is 0 Å². The van der Waals surface area contributed by atoms with Crippen LogP contribution in [0.25, 0.3) is 0 Å². The van der Waals surface area contributed by atoms with E-state index in [4.69, 9.17) is 0 Å². The lowest BCUT2D eigenvalue weighted by Crippen LogP contribution is -3.18. The van der Waals surface area contributed by atoms with E-state index in [1.807, 2.05) is 0 Å². The summed E-state index contributed by atoms with van der Waals surface area (Å²) < 4.78 is 13.1. The van der Waals surface area contributed by atoms with Crippen molar-refractivity contribution in [2.75, 3.05) is 18.4 Å². The quantitative estimate of drug-likeness (QED) is 0.877. The lowest BCUT2D eigenvalue weighted by atomic mass is 9.78. The molecule has 1 saturated heterocycles. The van der Waals surface area contributed by atoms with E-state index in [0.717, 1.165) is 12.5 Å². The van der Waals surface area contributed by atoms with Crippen LogP contribution in [-0.4, -0.2) is 25.0 Å². The monoisotopic (exact) mass is 291 g/mol. The summed E-state index contributed by atoms with van der Waals surface area (Å²) in [5.74, 6) is 0.497. The fourth-order valence-electron chi connectivity index (χ4n) is 4.06. The molecule has 0 aromatic heterocycles. The zero-order valence-electron chi connectivity index (χ0n) is 12.4. The number of hydrogen-bond acceptors (Lipinski definition) is 1. The smallest absolute Gasteiger partial charge is 0.279 e. The Morgan fingerprint density at radius 3 is 2.90 bits per heavy atom. The lowest BCUT2D eigenvalue weighted by Gasteiger charge is -2.40. The summed E-state index contributed by atoms with van der Waals surface area (Å²) in [6.45, 7) is 1.61. The zero-order valence-corrected chi connectivity index (χ0v) is 12.4. The summed E-state index contributed by atoms with van der Waals surface area (Å²) in [5, 5.41) is 2.83. The van der Waals surface area contributed by atoms with E-state index >= 15 is 0 Å². The summed E-state index contributed by atoms with van der Waals surface area (Å²) >= 11 is 0. The standard InChI is InChI=1S/C17H23FN2O/c18-14-7-3-8-15(11-14)19-17(21)12-20-10-4-6-13-5-1-2-9-16(13)20/h3,7-8,11,13,16H,1-2,4-6,9-10,12H2,(H,19,21)/p+1/t13-,16-/m0/s1. The molecule has 1 aromatic carbocycles. The number of benzene rings is 1. The Balaban J connectivity index is 1.58. The van der Waals surface area contributed by atoms with Crippen LogP contribution in [0.15, 0.2) is 24.3 Å². The number of halogens is 1. The van der Waals surface area contributed by atoms with E-state index in [2.05, 4.69) is 5.32 Å². The van der Waals surface area contributed by atoms with Gasteiger partial charge in [0.2, 0.25) is 0 Å². The van der Waals surface area contributed by atoms with Gasteiger partial charge in [-0.3, -0.25) is 4.79 Å². The molecule has 3 rings (SSSR count). The zero-order chi connectivity index (χ0) is 14.7. The van der Waals surface area contributed by atoms with Crippen molar-refractivity contribution >= 4 is 11.6 Å². The maximum Gasteiger partial charge on any atom is 0.279 e. The van der Waals surface area contributed by atoms with Gasteiger partial charge in [-0.2, -0.15) is 0 Å². The number of likely N-dealkylation sites (tertiary alicyclic amines) is 1. The van der Waals surface area contributed by atoms with Gasteiger partial charge in [0.05, 0.1) is 12.6 Å². The number of carbonyl (C=O) groups excluding carboxylic acids is 1. The van der Waals surface area contributed by atoms with Crippen LogP contribution >= 0.6 is 0 Å². The second kappa shape index (κ2) is 6.56. The van der Waals surface area contributed by atoms with Crippen molar-refractivity contribution in [2.45, 2.75) is 44.6 Å². The Kier molecular flexibility index (Phi) is 4.54. The molecule has 114 valence electrons. The minimum atomic E-state index is -0.314. The van der Waals surface area contributed by atoms with Crippen LogP contribution < -0.4 is 10.2 Å². The first-order valence-electron chi connectivity index (χ1n) is 8.12. The molecule has 1 aromatic rings. The molecule has 2 aliphatic rings. The van der Waals surface area contributed by atoms with E-state index in [-0.39, 0.29) is 11.7 Å². The molecule has 1 aliphatic carbocycles. The molecule has 1 saturated carbocycles. The van der Waals surface area contributed by atoms with Crippen LogP contribution in [0.4, 0.5) is 10.1 Å². The number of fused-ring (bicyclic) bond motifs is 1. The van der Waals surface area contributed by atoms with Crippen LogP contribution in [0.1, 0.15) is 38.5 Å². The van der Waals surface area contributed by atoms with E-state index in [0.29, 0.717) is 18.3 Å². The largest absolute Gasteiger partial charge is 0.324 e. The van der Waals surface area contributed by atoms with Gasteiger partial charge >= 0.3 is 0 Å².